The van der Waals surface area contributed by atoms with Gasteiger partial charge in [-0.25, -0.2) is 0 Å². The van der Waals surface area contributed by atoms with Gasteiger partial charge < -0.3 is 4.74 Å². The van der Waals surface area contributed by atoms with Crippen LogP contribution in [-0.4, -0.2) is 12.1 Å². The van der Waals surface area contributed by atoms with Gasteiger partial charge in [0.2, 0.25) is 0 Å². The second-order valence-corrected chi connectivity index (χ2v) is 6.19. The summed E-state index contributed by atoms with van der Waals surface area (Å²) in [5.74, 6) is -3.76. The number of benzene rings is 1. The molecule has 2 rings (SSSR count). The molecule has 1 aliphatic heterocycles. The van der Waals surface area contributed by atoms with E-state index in [1.807, 2.05) is 6.92 Å². The molecule has 0 bridgehead atoms. The molecule has 6 heteroatoms. The smallest absolute Gasteiger partial charge is 0.396 e. The Morgan fingerprint density at radius 3 is 2.41 bits per heavy atom. The molecule has 0 saturated carbocycles. The third-order valence-electron chi connectivity index (χ3n) is 3.65. The lowest BCUT2D eigenvalue weighted by Gasteiger charge is -2.30. The molecule has 0 fully saturated rings. The monoisotopic (exact) mass is 376 g/mol. The Balaban J connectivity index is 2.35. The lowest BCUT2D eigenvalue weighted by Crippen LogP contribution is -2.37. The molecule has 0 N–H and O–H groups in total. The number of ether oxygens (including phenoxy) is 1. The van der Waals surface area contributed by atoms with Crippen LogP contribution in [0.3, 0.4) is 0 Å². The van der Waals surface area contributed by atoms with Crippen molar-refractivity contribution in [1.29, 1.82) is 0 Å². The summed E-state index contributed by atoms with van der Waals surface area (Å²) in [7, 11) is 0. The molecule has 1 heterocycles. The van der Waals surface area contributed by atoms with Gasteiger partial charge in [-0.1, -0.05) is 47.8 Å². The fourth-order valence-electron chi connectivity index (χ4n) is 2.46. The van der Waals surface area contributed by atoms with E-state index in [1.54, 1.807) is 24.3 Å². The summed E-state index contributed by atoms with van der Waals surface area (Å²) in [5.41, 5.74) is 0.458. The molecular weight excluding hydrogens is 361 g/mol. The number of allylic oxidation sites excluding steroid dienone is 1. The lowest BCUT2D eigenvalue weighted by molar-refractivity contribution is -0.188. The summed E-state index contributed by atoms with van der Waals surface area (Å²) in [6, 6.07) is 6.61. The Bertz CT molecular complexity index is 564. The number of hydrogen-bond donors (Lipinski definition) is 0. The maximum Gasteiger partial charge on any atom is 0.396 e. The molecule has 1 aromatic carbocycles. The fourth-order valence-corrected chi connectivity index (χ4v) is 2.72. The van der Waals surface area contributed by atoms with E-state index in [2.05, 4.69) is 15.9 Å². The van der Waals surface area contributed by atoms with E-state index in [0.29, 0.717) is 12.0 Å². The number of hydrogen-bond acceptors (Lipinski definition) is 2. The van der Waals surface area contributed by atoms with Crippen LogP contribution >= 0.6 is 15.9 Å². The molecule has 1 aliphatic rings. The van der Waals surface area contributed by atoms with Gasteiger partial charge >= 0.3 is 12.1 Å². The van der Waals surface area contributed by atoms with Gasteiger partial charge in [-0.15, -0.1) is 0 Å². The Morgan fingerprint density at radius 1 is 1.23 bits per heavy atom. The van der Waals surface area contributed by atoms with Gasteiger partial charge in [0.25, 0.3) is 0 Å². The normalized spacial score (nSPS) is 22.2. The van der Waals surface area contributed by atoms with Crippen molar-refractivity contribution in [2.24, 2.45) is 11.8 Å². The summed E-state index contributed by atoms with van der Waals surface area (Å²) < 4.78 is 45.8. The highest BCUT2D eigenvalue weighted by Crippen LogP contribution is 2.41. The van der Waals surface area contributed by atoms with Crippen LogP contribution in [0.15, 0.2) is 34.8 Å². The third-order valence-corrected chi connectivity index (χ3v) is 4.18. The number of rotatable bonds is 4. The molecule has 0 spiro atoms. The van der Waals surface area contributed by atoms with Gasteiger partial charge in [0, 0.05) is 10.0 Å². The Labute approximate surface area is 135 Å². The van der Waals surface area contributed by atoms with Crippen molar-refractivity contribution in [1.82, 2.24) is 0 Å². The summed E-state index contributed by atoms with van der Waals surface area (Å²) in [5, 5.41) is 0. The van der Waals surface area contributed by atoms with E-state index in [-0.39, 0.29) is 12.2 Å². The molecule has 0 aromatic heterocycles. The van der Waals surface area contributed by atoms with E-state index in [9.17, 15) is 18.0 Å². The Kier molecular flexibility index (Phi) is 5.32. The second-order valence-electron chi connectivity index (χ2n) is 5.28. The Morgan fingerprint density at radius 2 is 1.86 bits per heavy atom. The summed E-state index contributed by atoms with van der Waals surface area (Å²) >= 11 is 3.26. The number of esters is 1. The van der Waals surface area contributed by atoms with Crippen molar-refractivity contribution in [3.05, 3.63) is 40.4 Å². The first-order valence-corrected chi connectivity index (χ1v) is 7.88. The highest BCUT2D eigenvalue weighted by atomic mass is 79.9. The van der Waals surface area contributed by atoms with E-state index in [0.717, 1.165) is 17.0 Å². The number of carbonyl (C=O) groups excluding carboxylic acids is 1. The molecular formula is C16H16BrF3O2. The minimum atomic E-state index is -4.46. The topological polar surface area (TPSA) is 26.3 Å². The average Bonchev–Trinajstić information content (AvgIpc) is 2.45. The third kappa shape index (κ3) is 3.91. The van der Waals surface area contributed by atoms with Crippen molar-refractivity contribution in [2.45, 2.75) is 32.4 Å². The van der Waals surface area contributed by atoms with Crippen molar-refractivity contribution >= 4 is 27.7 Å². The average molecular weight is 377 g/mol. The van der Waals surface area contributed by atoms with Crippen LogP contribution in [0.5, 0.6) is 0 Å². The predicted octanol–water partition coefficient (Wildman–Crippen LogP) is 5.33. The van der Waals surface area contributed by atoms with Crippen LogP contribution in [-0.2, 0) is 9.53 Å². The zero-order chi connectivity index (χ0) is 16.3. The van der Waals surface area contributed by atoms with Crippen molar-refractivity contribution < 1.29 is 22.7 Å². The fraction of sp³-hybridized carbons (Fsp3) is 0.438. The summed E-state index contributed by atoms with van der Waals surface area (Å²) in [6.07, 6.45) is -1.95. The largest absolute Gasteiger partial charge is 0.426 e. The van der Waals surface area contributed by atoms with E-state index in [4.69, 9.17) is 4.74 Å². The first-order chi connectivity index (χ1) is 10.3. The highest BCUT2D eigenvalue weighted by Gasteiger charge is 2.49. The molecule has 22 heavy (non-hydrogen) atoms. The molecule has 0 amide bonds. The number of cyclic esters (lactones) is 1. The highest BCUT2D eigenvalue weighted by molar-refractivity contribution is 9.10. The first kappa shape index (κ1) is 17.1. The zero-order valence-corrected chi connectivity index (χ0v) is 13.6. The minimum Gasteiger partial charge on any atom is -0.426 e. The number of carbonyl (C=O) groups is 1. The molecule has 2 nitrogen and oxygen atoms in total. The van der Waals surface area contributed by atoms with Gasteiger partial charge in [-0.05, 0) is 24.6 Å². The van der Waals surface area contributed by atoms with E-state index < -0.39 is 24.0 Å². The number of halogens is 4. The molecule has 0 unspecified atom stereocenters. The summed E-state index contributed by atoms with van der Waals surface area (Å²) in [4.78, 5) is 12.0. The van der Waals surface area contributed by atoms with Gasteiger partial charge in [-0.3, -0.25) is 4.79 Å². The van der Waals surface area contributed by atoms with Crippen LogP contribution in [0.2, 0.25) is 0 Å². The van der Waals surface area contributed by atoms with Gasteiger partial charge in [0.05, 0.1) is 11.8 Å². The minimum absolute atomic E-state index is 0.0208. The van der Waals surface area contributed by atoms with Crippen LogP contribution < -0.4 is 0 Å². The maximum absolute atomic E-state index is 13.3. The molecule has 0 radical (unpaired) electrons. The number of alkyl halides is 3. The van der Waals surface area contributed by atoms with Crippen LogP contribution in [0.4, 0.5) is 13.2 Å². The standard InChI is InChI=1S/C16H16BrF3O2/c1-2-3-4-12-13(16(18,19)20)9-14(22-15(12)21)10-5-7-11(17)8-6-10/h5-9,12-13H,2-4H2,1H3/t12-,13-/m0/s1. The van der Waals surface area contributed by atoms with Gasteiger partial charge in [0.15, 0.2) is 0 Å². The Hall–Kier alpha value is -1.30. The lowest BCUT2D eigenvalue weighted by atomic mass is 9.84. The van der Waals surface area contributed by atoms with Gasteiger partial charge in [-0.2, -0.15) is 13.2 Å². The molecule has 0 aliphatic carbocycles. The SMILES string of the molecule is CCCC[C@@H]1C(=O)OC(c2ccc(Br)cc2)=C[C@@H]1C(F)(F)F. The van der Waals surface area contributed by atoms with Crippen LogP contribution in [0.1, 0.15) is 31.7 Å². The summed E-state index contributed by atoms with van der Waals surface area (Å²) in [6.45, 7) is 1.87. The van der Waals surface area contributed by atoms with Gasteiger partial charge in [0.1, 0.15) is 5.76 Å². The zero-order valence-electron chi connectivity index (χ0n) is 12.0. The maximum atomic E-state index is 13.3. The van der Waals surface area contributed by atoms with Crippen molar-refractivity contribution in [3.63, 3.8) is 0 Å². The molecule has 1 aromatic rings. The quantitative estimate of drug-likeness (QED) is 0.663. The first-order valence-electron chi connectivity index (χ1n) is 7.09. The van der Waals surface area contributed by atoms with E-state index >= 15 is 0 Å². The van der Waals surface area contributed by atoms with Crippen molar-refractivity contribution in [3.8, 4) is 0 Å². The molecule has 2 atom stereocenters. The molecule has 120 valence electrons. The van der Waals surface area contributed by atoms with Crippen molar-refractivity contribution in [2.75, 3.05) is 0 Å². The predicted molar refractivity (Wildman–Crippen MR) is 80.8 cm³/mol. The van der Waals surface area contributed by atoms with E-state index in [1.165, 1.54) is 0 Å². The van der Waals surface area contributed by atoms with Crippen LogP contribution in [0.25, 0.3) is 5.76 Å². The second kappa shape index (κ2) is 6.86. The number of unbranched alkanes of at least 4 members (excludes halogenated alkanes) is 1. The van der Waals surface area contributed by atoms with Crippen LogP contribution in [0, 0.1) is 11.8 Å². The molecule has 0 saturated heterocycles.